The maximum atomic E-state index is 11.5. The Bertz CT molecular complexity index is 408. The number of urea groups is 1. The highest BCUT2D eigenvalue weighted by Gasteiger charge is 2.09. The lowest BCUT2D eigenvalue weighted by Gasteiger charge is -2.14. The Morgan fingerprint density at radius 3 is 2.80 bits per heavy atom. The minimum atomic E-state index is -0.783. The molecule has 3 N–H and O–H groups in total. The third kappa shape index (κ3) is 6.72. The van der Waals surface area contributed by atoms with Crippen LogP contribution in [0.1, 0.15) is 38.4 Å². The summed E-state index contributed by atoms with van der Waals surface area (Å²) < 4.78 is 4.54. The van der Waals surface area contributed by atoms with Gasteiger partial charge in [0.2, 0.25) is 6.39 Å². The highest BCUT2D eigenvalue weighted by molar-refractivity contribution is 5.73. The van der Waals surface area contributed by atoms with E-state index in [0.717, 1.165) is 12.8 Å². The molecule has 112 valence electrons. The molecule has 0 bridgehead atoms. The van der Waals surface area contributed by atoms with Gasteiger partial charge in [-0.05, 0) is 18.8 Å². The van der Waals surface area contributed by atoms with Crippen LogP contribution in [0.3, 0.4) is 0 Å². The molecule has 0 saturated heterocycles. The molecule has 1 unspecified atom stereocenters. The Labute approximate surface area is 116 Å². The van der Waals surface area contributed by atoms with Crippen LogP contribution in [0.2, 0.25) is 0 Å². The number of rotatable bonds is 9. The minimum Gasteiger partial charge on any atom is -0.481 e. The average Bonchev–Trinajstić information content (AvgIpc) is 2.93. The molecule has 2 amide bonds. The van der Waals surface area contributed by atoms with Crippen LogP contribution in [-0.2, 0) is 11.3 Å². The molecule has 0 saturated carbocycles. The van der Waals surface area contributed by atoms with Gasteiger partial charge in [-0.1, -0.05) is 18.5 Å². The Morgan fingerprint density at radius 1 is 1.40 bits per heavy atom. The lowest BCUT2D eigenvalue weighted by Crippen LogP contribution is -2.36. The van der Waals surface area contributed by atoms with Gasteiger partial charge < -0.3 is 20.3 Å². The van der Waals surface area contributed by atoms with Crippen molar-refractivity contribution in [2.45, 2.75) is 39.2 Å². The van der Waals surface area contributed by atoms with E-state index in [0.29, 0.717) is 24.7 Å². The second kappa shape index (κ2) is 8.89. The van der Waals surface area contributed by atoms with Crippen molar-refractivity contribution in [3.05, 3.63) is 12.2 Å². The third-order valence-corrected chi connectivity index (χ3v) is 3.00. The van der Waals surface area contributed by atoms with Crippen molar-refractivity contribution >= 4 is 12.0 Å². The lowest BCUT2D eigenvalue weighted by molar-refractivity contribution is -0.137. The van der Waals surface area contributed by atoms with Crippen molar-refractivity contribution in [2.24, 2.45) is 5.92 Å². The fraction of sp³-hybridized carbons (Fsp3) is 0.667. The van der Waals surface area contributed by atoms with Gasteiger partial charge in [0.25, 0.3) is 0 Å². The largest absolute Gasteiger partial charge is 0.481 e. The number of hydrogen-bond acceptors (Lipinski definition) is 5. The molecule has 1 heterocycles. The van der Waals surface area contributed by atoms with E-state index in [1.807, 2.05) is 6.92 Å². The number of nitrogens with one attached hydrogen (secondary N) is 2. The summed E-state index contributed by atoms with van der Waals surface area (Å²) in [6.07, 6.45) is 3.67. The molecular weight excluding hydrogens is 264 g/mol. The standard InChI is InChI=1S/C12H20N4O4/c1-2-9(3-4-11(17)18)5-6-13-12(19)14-7-10-15-8-20-16-10/h8-9H,2-7H2,1H3,(H,17,18)(H2,13,14,19). The highest BCUT2D eigenvalue weighted by Crippen LogP contribution is 2.14. The summed E-state index contributed by atoms with van der Waals surface area (Å²) >= 11 is 0. The van der Waals surface area contributed by atoms with Gasteiger partial charge in [0.1, 0.15) is 0 Å². The van der Waals surface area contributed by atoms with Gasteiger partial charge in [0, 0.05) is 13.0 Å². The van der Waals surface area contributed by atoms with E-state index in [2.05, 4.69) is 25.3 Å². The van der Waals surface area contributed by atoms with Crippen LogP contribution < -0.4 is 10.6 Å². The molecule has 8 nitrogen and oxygen atoms in total. The SMILES string of the molecule is CCC(CCNC(=O)NCc1ncon1)CCC(=O)O. The number of aliphatic carboxylic acids is 1. The summed E-state index contributed by atoms with van der Waals surface area (Å²) in [4.78, 5) is 25.7. The molecule has 0 fully saturated rings. The van der Waals surface area contributed by atoms with E-state index in [9.17, 15) is 9.59 Å². The van der Waals surface area contributed by atoms with E-state index >= 15 is 0 Å². The van der Waals surface area contributed by atoms with Crippen molar-refractivity contribution in [1.29, 1.82) is 0 Å². The van der Waals surface area contributed by atoms with Crippen LogP contribution in [-0.4, -0.2) is 33.8 Å². The Balaban J connectivity index is 2.11. The molecule has 0 radical (unpaired) electrons. The zero-order valence-electron chi connectivity index (χ0n) is 11.5. The Kier molecular flexibility index (Phi) is 7.08. The van der Waals surface area contributed by atoms with Crippen LogP contribution in [0, 0.1) is 5.92 Å². The monoisotopic (exact) mass is 284 g/mol. The molecule has 8 heteroatoms. The van der Waals surface area contributed by atoms with Crippen molar-refractivity contribution < 1.29 is 19.2 Å². The number of carboxylic acids is 1. The quantitative estimate of drug-likeness (QED) is 0.626. The fourth-order valence-corrected chi connectivity index (χ4v) is 1.76. The molecule has 20 heavy (non-hydrogen) atoms. The van der Waals surface area contributed by atoms with E-state index in [1.165, 1.54) is 6.39 Å². The van der Waals surface area contributed by atoms with Gasteiger partial charge >= 0.3 is 12.0 Å². The second-order valence-corrected chi connectivity index (χ2v) is 4.45. The molecule has 1 atom stereocenters. The first-order chi connectivity index (χ1) is 9.61. The summed E-state index contributed by atoms with van der Waals surface area (Å²) in [5.74, 6) is -0.0640. The van der Waals surface area contributed by atoms with E-state index in [-0.39, 0.29) is 19.0 Å². The van der Waals surface area contributed by atoms with E-state index in [4.69, 9.17) is 5.11 Å². The smallest absolute Gasteiger partial charge is 0.315 e. The van der Waals surface area contributed by atoms with Crippen LogP contribution in [0.25, 0.3) is 0 Å². The van der Waals surface area contributed by atoms with Crippen molar-refractivity contribution in [3.8, 4) is 0 Å². The predicted molar refractivity (Wildman–Crippen MR) is 69.8 cm³/mol. The van der Waals surface area contributed by atoms with Gasteiger partial charge in [-0.15, -0.1) is 0 Å². The van der Waals surface area contributed by atoms with Gasteiger partial charge in [0.15, 0.2) is 5.82 Å². The molecular formula is C12H20N4O4. The zero-order chi connectivity index (χ0) is 14.8. The first kappa shape index (κ1) is 15.9. The van der Waals surface area contributed by atoms with Gasteiger partial charge in [-0.25, -0.2) is 4.79 Å². The molecule has 0 aliphatic heterocycles. The normalized spacial score (nSPS) is 11.8. The number of amides is 2. The van der Waals surface area contributed by atoms with Gasteiger partial charge in [0.05, 0.1) is 6.54 Å². The maximum absolute atomic E-state index is 11.5. The molecule has 0 aromatic carbocycles. The number of hydrogen-bond donors (Lipinski definition) is 3. The Hall–Kier alpha value is -2.12. The highest BCUT2D eigenvalue weighted by atomic mass is 16.5. The summed E-state index contributed by atoms with van der Waals surface area (Å²) in [6.45, 7) is 2.73. The summed E-state index contributed by atoms with van der Waals surface area (Å²) in [5, 5.41) is 17.5. The van der Waals surface area contributed by atoms with E-state index in [1.54, 1.807) is 0 Å². The number of carbonyl (C=O) groups is 2. The van der Waals surface area contributed by atoms with Crippen LogP contribution in [0.15, 0.2) is 10.9 Å². The topological polar surface area (TPSA) is 117 Å². The van der Waals surface area contributed by atoms with Crippen LogP contribution in [0.4, 0.5) is 4.79 Å². The summed E-state index contributed by atoms with van der Waals surface area (Å²) in [6, 6.07) is -0.303. The molecule has 0 aliphatic rings. The van der Waals surface area contributed by atoms with Crippen molar-refractivity contribution in [2.75, 3.05) is 6.54 Å². The van der Waals surface area contributed by atoms with Gasteiger partial charge in [-0.3, -0.25) is 4.79 Å². The fourth-order valence-electron chi connectivity index (χ4n) is 1.76. The molecule has 0 aliphatic carbocycles. The first-order valence-electron chi connectivity index (χ1n) is 6.60. The van der Waals surface area contributed by atoms with Crippen LogP contribution >= 0.6 is 0 Å². The van der Waals surface area contributed by atoms with Crippen LogP contribution in [0.5, 0.6) is 0 Å². The number of carboxylic acid groups (broad SMARTS) is 1. The van der Waals surface area contributed by atoms with Crippen molar-refractivity contribution in [1.82, 2.24) is 20.8 Å². The third-order valence-electron chi connectivity index (χ3n) is 3.00. The summed E-state index contributed by atoms with van der Waals surface area (Å²) in [5.41, 5.74) is 0. The first-order valence-corrected chi connectivity index (χ1v) is 6.60. The summed E-state index contributed by atoms with van der Waals surface area (Å²) in [7, 11) is 0. The van der Waals surface area contributed by atoms with E-state index < -0.39 is 5.97 Å². The Morgan fingerprint density at radius 2 is 2.20 bits per heavy atom. The average molecular weight is 284 g/mol. The van der Waals surface area contributed by atoms with Crippen molar-refractivity contribution in [3.63, 3.8) is 0 Å². The van der Waals surface area contributed by atoms with Gasteiger partial charge in [-0.2, -0.15) is 4.98 Å². The molecule has 1 aromatic heterocycles. The number of nitrogens with zero attached hydrogens (tertiary/aromatic N) is 2. The molecule has 0 spiro atoms. The minimum absolute atomic E-state index is 0.169. The number of aromatic nitrogens is 2. The second-order valence-electron chi connectivity index (χ2n) is 4.45. The maximum Gasteiger partial charge on any atom is 0.315 e. The zero-order valence-corrected chi connectivity index (χ0v) is 11.5. The number of carbonyl (C=O) groups excluding carboxylic acids is 1. The molecule has 1 rings (SSSR count). The lowest BCUT2D eigenvalue weighted by atomic mass is 9.97. The molecule has 1 aromatic rings. The predicted octanol–water partition coefficient (Wildman–Crippen LogP) is 1.15.